The van der Waals surface area contributed by atoms with Crippen LogP contribution < -0.4 is 10.5 Å². The van der Waals surface area contributed by atoms with E-state index in [1.807, 2.05) is 26.0 Å². The van der Waals surface area contributed by atoms with Crippen LogP contribution in [0.5, 0.6) is 5.75 Å². The predicted molar refractivity (Wildman–Crippen MR) is 74.9 cm³/mol. The molecule has 4 nitrogen and oxygen atoms in total. The highest BCUT2D eigenvalue weighted by molar-refractivity contribution is 7.18. The van der Waals surface area contributed by atoms with E-state index in [-0.39, 0.29) is 0 Å². The summed E-state index contributed by atoms with van der Waals surface area (Å²) in [5, 5.41) is 9.18. The largest absolute Gasteiger partial charge is 0.489 e. The molecule has 0 spiro atoms. The lowest BCUT2D eigenvalue weighted by molar-refractivity contribution is 0.358. The van der Waals surface area contributed by atoms with Gasteiger partial charge in [-0.25, -0.2) is 0 Å². The third-order valence-electron chi connectivity index (χ3n) is 2.49. The summed E-state index contributed by atoms with van der Waals surface area (Å²) in [6.45, 7) is 8.18. The summed E-state index contributed by atoms with van der Waals surface area (Å²) in [6.07, 6.45) is 1.73. The van der Waals surface area contributed by atoms with E-state index in [1.54, 1.807) is 6.08 Å². The zero-order chi connectivity index (χ0) is 13.1. The van der Waals surface area contributed by atoms with E-state index in [1.165, 1.54) is 11.3 Å². The first-order chi connectivity index (χ1) is 8.61. The van der Waals surface area contributed by atoms with E-state index >= 15 is 0 Å². The summed E-state index contributed by atoms with van der Waals surface area (Å²) >= 11 is 1.38. The average Bonchev–Trinajstić information content (AvgIpc) is 2.75. The molecule has 1 aromatic carbocycles. The fraction of sp³-hybridized carbons (Fsp3) is 0.231. The highest BCUT2D eigenvalue weighted by atomic mass is 32.1. The zero-order valence-electron chi connectivity index (χ0n) is 10.4. The maximum atomic E-state index is 5.64. The Morgan fingerprint density at radius 1 is 1.33 bits per heavy atom. The average molecular weight is 261 g/mol. The fourth-order valence-electron chi connectivity index (χ4n) is 1.79. The number of aryl methyl sites for hydroxylation is 2. The molecule has 0 aliphatic rings. The summed E-state index contributed by atoms with van der Waals surface area (Å²) < 4.78 is 5.64. The van der Waals surface area contributed by atoms with Gasteiger partial charge in [0.1, 0.15) is 17.4 Å². The van der Waals surface area contributed by atoms with E-state index in [0.717, 1.165) is 27.4 Å². The van der Waals surface area contributed by atoms with Gasteiger partial charge < -0.3 is 10.5 Å². The molecule has 2 N–H and O–H groups in total. The van der Waals surface area contributed by atoms with Crippen molar-refractivity contribution in [3.63, 3.8) is 0 Å². The second-order valence-corrected chi connectivity index (χ2v) is 4.99. The minimum absolute atomic E-state index is 0.479. The van der Waals surface area contributed by atoms with Gasteiger partial charge in [0.25, 0.3) is 0 Å². The Morgan fingerprint density at radius 3 is 2.50 bits per heavy atom. The summed E-state index contributed by atoms with van der Waals surface area (Å²) in [7, 11) is 0. The van der Waals surface area contributed by atoms with Gasteiger partial charge in [-0.1, -0.05) is 24.0 Å². The Balaban J connectivity index is 2.38. The van der Waals surface area contributed by atoms with Crippen molar-refractivity contribution in [3.05, 3.63) is 35.9 Å². The molecule has 0 aliphatic heterocycles. The molecule has 2 aromatic rings. The lowest BCUT2D eigenvalue weighted by Crippen LogP contribution is -1.98. The van der Waals surface area contributed by atoms with Gasteiger partial charge in [-0.15, -0.1) is 10.2 Å². The monoisotopic (exact) mass is 261 g/mol. The van der Waals surface area contributed by atoms with Crippen molar-refractivity contribution in [1.82, 2.24) is 10.2 Å². The molecule has 0 aliphatic carbocycles. The van der Waals surface area contributed by atoms with Crippen molar-refractivity contribution < 1.29 is 4.74 Å². The number of hydrogen-bond donors (Lipinski definition) is 1. The minimum atomic E-state index is 0.479. The number of nitrogen functional groups attached to an aromatic ring is 1. The van der Waals surface area contributed by atoms with Crippen molar-refractivity contribution in [2.45, 2.75) is 13.8 Å². The van der Waals surface area contributed by atoms with Crippen LogP contribution in [0.4, 0.5) is 5.13 Å². The van der Waals surface area contributed by atoms with Crippen LogP contribution >= 0.6 is 11.3 Å². The molecule has 0 saturated heterocycles. The SMILES string of the molecule is C=CCOc1c(C)cc(-c2nnc(N)s2)cc1C. The molecule has 0 amide bonds. The van der Waals surface area contributed by atoms with E-state index in [9.17, 15) is 0 Å². The summed E-state index contributed by atoms with van der Waals surface area (Å²) in [4.78, 5) is 0. The predicted octanol–water partition coefficient (Wildman–Crippen LogP) is 2.97. The van der Waals surface area contributed by atoms with Crippen molar-refractivity contribution in [2.24, 2.45) is 0 Å². The first-order valence-corrected chi connectivity index (χ1v) is 6.37. The number of hydrogen-bond acceptors (Lipinski definition) is 5. The zero-order valence-corrected chi connectivity index (χ0v) is 11.3. The van der Waals surface area contributed by atoms with E-state index in [0.29, 0.717) is 11.7 Å². The Morgan fingerprint density at radius 2 is 2.00 bits per heavy atom. The quantitative estimate of drug-likeness (QED) is 0.859. The number of anilines is 1. The topological polar surface area (TPSA) is 61.0 Å². The number of aromatic nitrogens is 2. The summed E-state index contributed by atoms with van der Waals surface area (Å²) in [5.74, 6) is 0.899. The lowest BCUT2D eigenvalue weighted by Gasteiger charge is -2.11. The molecule has 0 radical (unpaired) electrons. The lowest BCUT2D eigenvalue weighted by atomic mass is 10.1. The van der Waals surface area contributed by atoms with E-state index in [4.69, 9.17) is 10.5 Å². The number of ether oxygens (including phenoxy) is 1. The number of benzene rings is 1. The highest BCUT2D eigenvalue weighted by Gasteiger charge is 2.10. The van der Waals surface area contributed by atoms with Crippen LogP contribution in [-0.2, 0) is 0 Å². The Labute approximate surface area is 110 Å². The Bertz CT molecular complexity index is 554. The van der Waals surface area contributed by atoms with Crippen LogP contribution in [0.15, 0.2) is 24.8 Å². The maximum absolute atomic E-state index is 5.64. The van der Waals surface area contributed by atoms with Crippen LogP contribution in [0.3, 0.4) is 0 Å². The van der Waals surface area contributed by atoms with Crippen molar-refractivity contribution in [3.8, 4) is 16.3 Å². The van der Waals surface area contributed by atoms with E-state index < -0.39 is 0 Å². The van der Waals surface area contributed by atoms with Crippen molar-refractivity contribution >= 4 is 16.5 Å². The van der Waals surface area contributed by atoms with Crippen LogP contribution in [0.25, 0.3) is 10.6 Å². The summed E-state index contributed by atoms with van der Waals surface area (Å²) in [6, 6.07) is 4.07. The van der Waals surface area contributed by atoms with Crippen LogP contribution in [0, 0.1) is 13.8 Å². The Kier molecular flexibility index (Phi) is 3.62. The standard InChI is InChI=1S/C13H15N3OS/c1-4-5-17-11-8(2)6-10(7-9(11)3)12-15-16-13(14)18-12/h4,6-7H,1,5H2,2-3H3,(H2,14,16). The van der Waals surface area contributed by atoms with Gasteiger partial charge in [0.2, 0.25) is 5.13 Å². The highest BCUT2D eigenvalue weighted by Crippen LogP contribution is 2.32. The molecule has 2 rings (SSSR count). The Hall–Kier alpha value is -1.88. The maximum Gasteiger partial charge on any atom is 0.203 e. The van der Waals surface area contributed by atoms with Gasteiger partial charge in [0.15, 0.2) is 0 Å². The van der Waals surface area contributed by atoms with Crippen molar-refractivity contribution in [1.29, 1.82) is 0 Å². The second-order valence-electron chi connectivity index (χ2n) is 3.98. The molecule has 1 heterocycles. The molecule has 18 heavy (non-hydrogen) atoms. The van der Waals surface area contributed by atoms with Gasteiger partial charge >= 0.3 is 0 Å². The molecule has 0 atom stereocenters. The number of nitrogens with zero attached hydrogens (tertiary/aromatic N) is 2. The molecular weight excluding hydrogens is 246 g/mol. The normalized spacial score (nSPS) is 10.3. The number of rotatable bonds is 4. The summed E-state index contributed by atoms with van der Waals surface area (Å²) in [5.41, 5.74) is 8.76. The first-order valence-electron chi connectivity index (χ1n) is 5.56. The molecule has 1 aromatic heterocycles. The fourth-order valence-corrected chi connectivity index (χ4v) is 2.39. The molecule has 0 fully saturated rings. The molecule has 5 heteroatoms. The van der Waals surface area contributed by atoms with Gasteiger partial charge in [0, 0.05) is 5.56 Å². The third kappa shape index (κ3) is 2.51. The molecule has 0 unspecified atom stereocenters. The minimum Gasteiger partial charge on any atom is -0.489 e. The van der Waals surface area contributed by atoms with Crippen LogP contribution in [-0.4, -0.2) is 16.8 Å². The van der Waals surface area contributed by atoms with Gasteiger partial charge in [-0.2, -0.15) is 0 Å². The van der Waals surface area contributed by atoms with E-state index in [2.05, 4.69) is 16.8 Å². The second kappa shape index (κ2) is 5.18. The smallest absolute Gasteiger partial charge is 0.203 e. The molecule has 0 saturated carbocycles. The van der Waals surface area contributed by atoms with Crippen molar-refractivity contribution in [2.75, 3.05) is 12.3 Å². The van der Waals surface area contributed by atoms with Crippen LogP contribution in [0.2, 0.25) is 0 Å². The van der Waals surface area contributed by atoms with Gasteiger partial charge in [-0.05, 0) is 37.1 Å². The molecule has 0 bridgehead atoms. The van der Waals surface area contributed by atoms with Crippen LogP contribution in [0.1, 0.15) is 11.1 Å². The van der Waals surface area contributed by atoms with Gasteiger partial charge in [0.05, 0.1) is 0 Å². The van der Waals surface area contributed by atoms with Gasteiger partial charge in [-0.3, -0.25) is 0 Å². The molecule has 94 valence electrons. The number of nitrogens with two attached hydrogens (primary N) is 1. The third-order valence-corrected chi connectivity index (χ3v) is 3.29. The first kappa shape index (κ1) is 12.6. The molecular formula is C13H15N3OS.